The molecule has 1 spiro atoms. The van der Waals surface area contributed by atoms with Gasteiger partial charge in [0.05, 0.1) is 11.1 Å². The van der Waals surface area contributed by atoms with E-state index in [-0.39, 0.29) is 10.8 Å². The summed E-state index contributed by atoms with van der Waals surface area (Å²) in [6.45, 7) is 6.50. The zero-order valence-corrected chi connectivity index (χ0v) is 22.6. The minimum absolute atomic E-state index is 0.271. The molecule has 1 aromatic carbocycles. The predicted molar refractivity (Wildman–Crippen MR) is 142 cm³/mol. The molecule has 36 heavy (non-hydrogen) atoms. The molecule has 0 bridgehead atoms. The summed E-state index contributed by atoms with van der Waals surface area (Å²) in [4.78, 5) is 12.5. The SMILES string of the molecule is CC(C)c1cnn2c(NCc3ccccc3S(=O)(=O)N(C)C)nc(N3CCC4(CCCC4)CC3)nc12. The van der Waals surface area contributed by atoms with Crippen LogP contribution < -0.4 is 10.2 Å². The first kappa shape index (κ1) is 25.0. The number of hydrogen-bond donors (Lipinski definition) is 1. The fourth-order valence-corrected chi connectivity index (χ4v) is 6.74. The van der Waals surface area contributed by atoms with Gasteiger partial charge in [0.25, 0.3) is 0 Å². The summed E-state index contributed by atoms with van der Waals surface area (Å²) in [6.07, 6.45) is 9.65. The van der Waals surface area contributed by atoms with Gasteiger partial charge in [0.1, 0.15) is 0 Å². The van der Waals surface area contributed by atoms with Crippen molar-refractivity contribution in [2.75, 3.05) is 37.4 Å². The number of rotatable bonds is 7. The molecule has 2 aliphatic rings. The molecule has 1 saturated heterocycles. The summed E-state index contributed by atoms with van der Waals surface area (Å²) >= 11 is 0. The van der Waals surface area contributed by atoms with E-state index in [2.05, 4.69) is 29.2 Å². The number of fused-ring (bicyclic) bond motifs is 1. The smallest absolute Gasteiger partial charge is 0.242 e. The van der Waals surface area contributed by atoms with Crippen LogP contribution in [0.4, 0.5) is 11.9 Å². The third-order valence-corrected chi connectivity index (χ3v) is 9.86. The average Bonchev–Trinajstić information content (AvgIpc) is 3.50. The zero-order chi connectivity index (χ0) is 25.5. The van der Waals surface area contributed by atoms with Crippen molar-refractivity contribution in [2.45, 2.75) is 69.7 Å². The number of nitrogens with one attached hydrogen (secondary N) is 1. The lowest BCUT2D eigenvalue weighted by molar-refractivity contribution is 0.225. The molecule has 0 unspecified atom stereocenters. The van der Waals surface area contributed by atoms with Crippen LogP contribution in [0.1, 0.15) is 69.4 Å². The molecule has 0 amide bonds. The first-order valence-electron chi connectivity index (χ1n) is 13.0. The van der Waals surface area contributed by atoms with Crippen LogP contribution in [0.2, 0.25) is 0 Å². The third kappa shape index (κ3) is 4.56. The van der Waals surface area contributed by atoms with Gasteiger partial charge in [-0.3, -0.25) is 0 Å². The van der Waals surface area contributed by atoms with E-state index < -0.39 is 10.0 Å². The molecule has 2 fully saturated rings. The lowest BCUT2D eigenvalue weighted by Gasteiger charge is -2.39. The second-order valence-electron chi connectivity index (χ2n) is 10.8. The van der Waals surface area contributed by atoms with E-state index in [1.165, 1.54) is 42.8 Å². The first-order chi connectivity index (χ1) is 17.2. The Balaban J connectivity index is 1.47. The largest absolute Gasteiger partial charge is 0.350 e. The van der Waals surface area contributed by atoms with Gasteiger partial charge in [-0.2, -0.15) is 19.6 Å². The van der Waals surface area contributed by atoms with Gasteiger partial charge in [-0.25, -0.2) is 12.7 Å². The van der Waals surface area contributed by atoms with Gasteiger partial charge in [0, 0.05) is 39.3 Å². The molecule has 0 atom stereocenters. The fraction of sp³-hybridized carbons (Fsp3) is 0.577. The number of nitrogens with zero attached hydrogens (tertiary/aromatic N) is 6. The summed E-state index contributed by atoms with van der Waals surface area (Å²) in [5, 5.41) is 7.96. The minimum atomic E-state index is -3.57. The van der Waals surface area contributed by atoms with E-state index in [1.807, 2.05) is 18.3 Å². The van der Waals surface area contributed by atoms with Gasteiger partial charge in [-0.15, -0.1) is 0 Å². The van der Waals surface area contributed by atoms with Crippen LogP contribution in [-0.4, -0.2) is 59.5 Å². The van der Waals surface area contributed by atoms with Crippen molar-refractivity contribution >= 4 is 27.6 Å². The predicted octanol–water partition coefficient (Wildman–Crippen LogP) is 4.27. The Morgan fingerprint density at radius 1 is 1.06 bits per heavy atom. The Hall–Kier alpha value is -2.72. The van der Waals surface area contributed by atoms with Crippen LogP contribution in [0.5, 0.6) is 0 Å². The van der Waals surface area contributed by atoms with Crippen LogP contribution >= 0.6 is 0 Å². The maximum absolute atomic E-state index is 12.9. The van der Waals surface area contributed by atoms with Gasteiger partial charge in [0.2, 0.25) is 21.9 Å². The summed E-state index contributed by atoms with van der Waals surface area (Å²) in [6, 6.07) is 7.07. The molecule has 3 heterocycles. The Morgan fingerprint density at radius 2 is 1.75 bits per heavy atom. The van der Waals surface area contributed by atoms with Gasteiger partial charge in [-0.1, -0.05) is 44.9 Å². The van der Waals surface area contributed by atoms with E-state index in [4.69, 9.17) is 9.97 Å². The second-order valence-corrected chi connectivity index (χ2v) is 12.9. The molecule has 5 rings (SSSR count). The van der Waals surface area contributed by atoms with Crippen LogP contribution in [0.25, 0.3) is 5.65 Å². The highest BCUT2D eigenvalue weighted by atomic mass is 32.2. The van der Waals surface area contributed by atoms with Crippen molar-refractivity contribution in [2.24, 2.45) is 5.41 Å². The average molecular weight is 512 g/mol. The van der Waals surface area contributed by atoms with Crippen LogP contribution in [0.3, 0.4) is 0 Å². The number of hydrogen-bond acceptors (Lipinski definition) is 7. The molecule has 1 aliphatic heterocycles. The number of piperidine rings is 1. The Labute approximate surface area is 214 Å². The van der Waals surface area contributed by atoms with Gasteiger partial charge < -0.3 is 10.2 Å². The zero-order valence-electron chi connectivity index (χ0n) is 21.7. The topological polar surface area (TPSA) is 95.7 Å². The highest BCUT2D eigenvalue weighted by molar-refractivity contribution is 7.89. The summed E-state index contributed by atoms with van der Waals surface area (Å²) < 4.78 is 28.7. The molecular formula is C26H37N7O2S. The highest BCUT2D eigenvalue weighted by Gasteiger charge is 2.37. The van der Waals surface area contributed by atoms with E-state index in [0.29, 0.717) is 23.5 Å². The van der Waals surface area contributed by atoms with Crippen molar-refractivity contribution in [3.8, 4) is 0 Å². The lowest BCUT2D eigenvalue weighted by Crippen LogP contribution is -2.40. The molecule has 3 aromatic rings. The van der Waals surface area contributed by atoms with E-state index in [0.717, 1.165) is 30.2 Å². The molecule has 9 nitrogen and oxygen atoms in total. The number of anilines is 2. The second kappa shape index (κ2) is 9.63. The molecule has 0 radical (unpaired) electrons. The van der Waals surface area contributed by atoms with E-state index >= 15 is 0 Å². The van der Waals surface area contributed by atoms with E-state index in [9.17, 15) is 8.42 Å². The maximum Gasteiger partial charge on any atom is 0.242 e. The first-order valence-corrected chi connectivity index (χ1v) is 14.4. The summed E-state index contributed by atoms with van der Waals surface area (Å²) in [7, 11) is -0.474. The van der Waals surface area contributed by atoms with Crippen LogP contribution in [0, 0.1) is 5.41 Å². The van der Waals surface area contributed by atoms with Crippen LogP contribution in [-0.2, 0) is 16.6 Å². The van der Waals surface area contributed by atoms with Gasteiger partial charge in [0.15, 0.2) is 5.65 Å². The Bertz CT molecular complexity index is 1330. The van der Waals surface area contributed by atoms with Crippen molar-refractivity contribution in [3.63, 3.8) is 0 Å². The maximum atomic E-state index is 12.9. The molecule has 1 saturated carbocycles. The molecule has 2 aromatic heterocycles. The summed E-state index contributed by atoms with van der Waals surface area (Å²) in [5.74, 6) is 1.56. The normalized spacial score (nSPS) is 18.1. The Morgan fingerprint density at radius 3 is 2.42 bits per heavy atom. The number of benzene rings is 1. The molecule has 1 N–H and O–H groups in total. The molecule has 10 heteroatoms. The lowest BCUT2D eigenvalue weighted by atomic mass is 9.77. The highest BCUT2D eigenvalue weighted by Crippen LogP contribution is 2.46. The Kier molecular flexibility index (Phi) is 6.67. The van der Waals surface area contributed by atoms with Gasteiger partial charge >= 0.3 is 0 Å². The standard InChI is InChI=1S/C26H37N7O2S/c1-19(2)21-18-28-33-23(21)29-25(32-15-13-26(14-16-32)11-7-8-12-26)30-24(33)27-17-20-9-5-6-10-22(20)36(34,35)31(3)4/h5-6,9-10,18-19H,7-8,11-17H2,1-4H3,(H,27,29,30). The quantitative estimate of drug-likeness (QED) is 0.506. The van der Waals surface area contributed by atoms with Gasteiger partial charge in [-0.05, 0) is 48.6 Å². The minimum Gasteiger partial charge on any atom is -0.350 e. The molecule has 194 valence electrons. The summed E-state index contributed by atoms with van der Waals surface area (Å²) in [5.41, 5.74) is 3.06. The monoisotopic (exact) mass is 511 g/mol. The fourth-order valence-electron chi connectivity index (χ4n) is 5.63. The number of sulfonamides is 1. The van der Waals surface area contributed by atoms with Crippen LogP contribution in [0.15, 0.2) is 35.4 Å². The molecular weight excluding hydrogens is 474 g/mol. The number of aromatic nitrogens is 4. The van der Waals surface area contributed by atoms with Crippen molar-refractivity contribution in [3.05, 3.63) is 41.6 Å². The van der Waals surface area contributed by atoms with Crippen molar-refractivity contribution < 1.29 is 8.42 Å². The van der Waals surface area contributed by atoms with Crippen molar-refractivity contribution in [1.29, 1.82) is 0 Å². The van der Waals surface area contributed by atoms with E-state index in [1.54, 1.807) is 30.7 Å². The van der Waals surface area contributed by atoms with Crippen molar-refractivity contribution in [1.82, 2.24) is 23.9 Å². The third-order valence-electron chi connectivity index (χ3n) is 7.94. The molecule has 1 aliphatic carbocycles.